The maximum absolute atomic E-state index is 5.99. The first-order valence-electron chi connectivity index (χ1n) is 8.99. The molecule has 0 aliphatic rings. The molecule has 0 spiro atoms. The number of hydrogen-bond acceptors (Lipinski definition) is 3. The average Bonchev–Trinajstić information content (AvgIpc) is 2.66. The minimum Gasteiger partial charge on any atom is -0.465 e. The Morgan fingerprint density at radius 3 is 2.36 bits per heavy atom. The van der Waals surface area contributed by atoms with Crippen molar-refractivity contribution in [3.8, 4) is 11.5 Å². The molecular formula is C24H22ClNO2. The summed E-state index contributed by atoms with van der Waals surface area (Å²) >= 11 is 5.90. The minimum absolute atomic E-state index is 0.433. The van der Waals surface area contributed by atoms with Gasteiger partial charge in [-0.3, -0.25) is 0 Å². The third kappa shape index (κ3) is 5.73. The second-order valence-corrected chi connectivity index (χ2v) is 6.95. The van der Waals surface area contributed by atoms with Crippen molar-refractivity contribution in [3.05, 3.63) is 101 Å². The van der Waals surface area contributed by atoms with E-state index in [0.717, 1.165) is 17.0 Å². The van der Waals surface area contributed by atoms with Crippen LogP contribution in [0.25, 0.3) is 0 Å². The molecule has 0 aliphatic carbocycles. The summed E-state index contributed by atoms with van der Waals surface area (Å²) in [6.07, 6.45) is 3.26. The number of benzene rings is 3. The van der Waals surface area contributed by atoms with Crippen molar-refractivity contribution >= 4 is 23.2 Å². The van der Waals surface area contributed by atoms with Crippen LogP contribution in [-0.4, -0.2) is 5.90 Å². The number of ether oxygens (including phenoxy) is 2. The first-order valence-corrected chi connectivity index (χ1v) is 9.37. The molecule has 0 aromatic heterocycles. The van der Waals surface area contributed by atoms with Gasteiger partial charge in [-0.05, 0) is 86.0 Å². The van der Waals surface area contributed by atoms with Crippen LogP contribution in [0.15, 0.2) is 84.1 Å². The predicted octanol–water partition coefficient (Wildman–Crippen LogP) is 6.97. The summed E-state index contributed by atoms with van der Waals surface area (Å²) in [5.41, 5.74) is 4.34. The highest BCUT2D eigenvalue weighted by atomic mass is 35.5. The maximum Gasteiger partial charge on any atom is 0.222 e. The number of rotatable bonds is 5. The van der Waals surface area contributed by atoms with Gasteiger partial charge < -0.3 is 9.47 Å². The maximum atomic E-state index is 5.99. The molecular weight excluding hydrogens is 370 g/mol. The van der Waals surface area contributed by atoms with Gasteiger partial charge in [0.2, 0.25) is 5.90 Å². The quantitative estimate of drug-likeness (QED) is 0.267. The molecule has 142 valence electrons. The van der Waals surface area contributed by atoms with E-state index in [9.17, 15) is 0 Å². The zero-order valence-corrected chi connectivity index (χ0v) is 16.9. The van der Waals surface area contributed by atoms with Crippen molar-refractivity contribution in [2.24, 2.45) is 4.99 Å². The molecule has 0 heterocycles. The van der Waals surface area contributed by atoms with E-state index in [0.29, 0.717) is 16.7 Å². The molecule has 0 N–H and O–H groups in total. The molecule has 4 heteroatoms. The summed E-state index contributed by atoms with van der Waals surface area (Å²) in [6, 6.07) is 21.0. The summed E-state index contributed by atoms with van der Waals surface area (Å²) in [6.45, 7) is 6.16. The van der Waals surface area contributed by atoms with Crippen LogP contribution in [-0.2, 0) is 0 Å². The van der Waals surface area contributed by atoms with E-state index < -0.39 is 0 Å². The Kier molecular flexibility index (Phi) is 6.51. The van der Waals surface area contributed by atoms with Gasteiger partial charge in [-0.15, -0.1) is 0 Å². The number of halogens is 1. The van der Waals surface area contributed by atoms with E-state index in [-0.39, 0.29) is 0 Å². The molecule has 28 heavy (non-hydrogen) atoms. The predicted molar refractivity (Wildman–Crippen MR) is 116 cm³/mol. The second-order valence-electron chi connectivity index (χ2n) is 6.51. The molecule has 0 saturated carbocycles. The van der Waals surface area contributed by atoms with Gasteiger partial charge in [0.05, 0.1) is 11.9 Å². The largest absolute Gasteiger partial charge is 0.465 e. The van der Waals surface area contributed by atoms with Crippen molar-refractivity contribution in [3.63, 3.8) is 0 Å². The third-order valence-corrected chi connectivity index (χ3v) is 4.42. The molecule has 0 saturated heterocycles. The standard InChI is InChI=1S/C24H22ClNO2/c1-17-5-4-6-23(15-17)28-24(26-21-10-7-18(2)19(3)16-21)13-14-27-22-11-8-20(25)9-12-22/h4-16H,1-3H3. The van der Waals surface area contributed by atoms with Crippen molar-refractivity contribution in [1.82, 2.24) is 0 Å². The van der Waals surface area contributed by atoms with E-state index in [1.54, 1.807) is 36.6 Å². The summed E-state index contributed by atoms with van der Waals surface area (Å²) in [4.78, 5) is 4.64. The molecule has 3 aromatic carbocycles. The van der Waals surface area contributed by atoms with Crippen LogP contribution in [0.4, 0.5) is 5.69 Å². The van der Waals surface area contributed by atoms with Crippen LogP contribution in [0.1, 0.15) is 16.7 Å². The van der Waals surface area contributed by atoms with Crippen LogP contribution >= 0.6 is 11.6 Å². The molecule has 3 nitrogen and oxygen atoms in total. The normalized spacial score (nSPS) is 11.6. The first-order chi connectivity index (χ1) is 13.5. The fourth-order valence-electron chi connectivity index (χ4n) is 2.50. The van der Waals surface area contributed by atoms with Gasteiger partial charge in [0.25, 0.3) is 0 Å². The van der Waals surface area contributed by atoms with E-state index in [1.807, 2.05) is 49.4 Å². The van der Waals surface area contributed by atoms with Crippen LogP contribution in [0.2, 0.25) is 5.02 Å². The van der Waals surface area contributed by atoms with E-state index in [1.165, 1.54) is 11.1 Å². The van der Waals surface area contributed by atoms with Crippen molar-refractivity contribution in [2.75, 3.05) is 0 Å². The number of aliphatic imine (C=N–C) groups is 1. The third-order valence-electron chi connectivity index (χ3n) is 4.17. The molecule has 3 aromatic rings. The SMILES string of the molecule is Cc1cccc(OC(C=COc2ccc(Cl)cc2)=Nc2ccc(C)c(C)c2)c1. The van der Waals surface area contributed by atoms with Crippen LogP contribution in [0.3, 0.4) is 0 Å². The Hall–Kier alpha value is -3.04. The number of hydrogen-bond donors (Lipinski definition) is 0. The Morgan fingerprint density at radius 2 is 1.64 bits per heavy atom. The summed E-state index contributed by atoms with van der Waals surface area (Å²) in [5, 5.41) is 0.663. The van der Waals surface area contributed by atoms with Gasteiger partial charge >= 0.3 is 0 Å². The van der Waals surface area contributed by atoms with Crippen LogP contribution < -0.4 is 9.47 Å². The molecule has 0 amide bonds. The summed E-state index contributed by atoms with van der Waals surface area (Å²) in [7, 11) is 0. The summed E-state index contributed by atoms with van der Waals surface area (Å²) < 4.78 is 11.6. The first kappa shape index (κ1) is 19.7. The van der Waals surface area contributed by atoms with E-state index in [4.69, 9.17) is 21.1 Å². The van der Waals surface area contributed by atoms with Crippen molar-refractivity contribution < 1.29 is 9.47 Å². The van der Waals surface area contributed by atoms with Crippen molar-refractivity contribution in [1.29, 1.82) is 0 Å². The van der Waals surface area contributed by atoms with Gasteiger partial charge in [-0.25, -0.2) is 4.99 Å². The molecule has 0 atom stereocenters. The lowest BCUT2D eigenvalue weighted by atomic mass is 10.1. The molecule has 3 rings (SSSR count). The second kappa shape index (κ2) is 9.25. The zero-order chi connectivity index (χ0) is 19.9. The van der Waals surface area contributed by atoms with Crippen LogP contribution in [0.5, 0.6) is 11.5 Å². The Balaban J connectivity index is 1.84. The van der Waals surface area contributed by atoms with Gasteiger partial charge in [0, 0.05) is 11.1 Å². The molecule has 0 bridgehead atoms. The fraction of sp³-hybridized carbons (Fsp3) is 0.125. The Labute approximate surface area is 170 Å². The van der Waals surface area contributed by atoms with Gasteiger partial charge in [-0.2, -0.15) is 0 Å². The molecule has 0 radical (unpaired) electrons. The summed E-state index contributed by atoms with van der Waals surface area (Å²) in [5.74, 6) is 1.84. The lowest BCUT2D eigenvalue weighted by molar-refractivity contribution is 0.479. The molecule has 0 fully saturated rings. The van der Waals surface area contributed by atoms with E-state index in [2.05, 4.69) is 18.8 Å². The highest BCUT2D eigenvalue weighted by Gasteiger charge is 2.03. The van der Waals surface area contributed by atoms with E-state index >= 15 is 0 Å². The number of aryl methyl sites for hydroxylation is 3. The topological polar surface area (TPSA) is 30.8 Å². The van der Waals surface area contributed by atoms with Gasteiger partial charge in [0.15, 0.2) is 0 Å². The fourth-order valence-corrected chi connectivity index (χ4v) is 2.63. The Bertz CT molecular complexity index is 1010. The minimum atomic E-state index is 0.433. The zero-order valence-electron chi connectivity index (χ0n) is 16.1. The lowest BCUT2D eigenvalue weighted by Crippen LogP contribution is -2.05. The smallest absolute Gasteiger partial charge is 0.222 e. The molecule has 0 aliphatic heterocycles. The number of nitrogens with zero attached hydrogens (tertiary/aromatic N) is 1. The molecule has 0 unspecified atom stereocenters. The highest BCUT2D eigenvalue weighted by Crippen LogP contribution is 2.20. The van der Waals surface area contributed by atoms with Crippen LogP contribution in [0, 0.1) is 20.8 Å². The average molecular weight is 392 g/mol. The highest BCUT2D eigenvalue weighted by molar-refractivity contribution is 6.30. The Morgan fingerprint density at radius 1 is 0.857 bits per heavy atom. The lowest BCUT2D eigenvalue weighted by Gasteiger charge is -2.08. The van der Waals surface area contributed by atoms with Crippen molar-refractivity contribution in [2.45, 2.75) is 20.8 Å². The monoisotopic (exact) mass is 391 g/mol. The van der Waals surface area contributed by atoms with Gasteiger partial charge in [-0.1, -0.05) is 29.8 Å². The van der Waals surface area contributed by atoms with Gasteiger partial charge in [0.1, 0.15) is 11.5 Å².